The highest BCUT2D eigenvalue weighted by molar-refractivity contribution is 5.46. The van der Waals surface area contributed by atoms with E-state index >= 15 is 0 Å². The van der Waals surface area contributed by atoms with Crippen molar-refractivity contribution in [3.05, 3.63) is 29.8 Å². The van der Waals surface area contributed by atoms with Crippen molar-refractivity contribution in [3.63, 3.8) is 0 Å². The van der Waals surface area contributed by atoms with E-state index in [0.717, 1.165) is 11.8 Å². The molecule has 1 saturated carbocycles. The summed E-state index contributed by atoms with van der Waals surface area (Å²) in [5.41, 5.74) is 2.47. The van der Waals surface area contributed by atoms with Gasteiger partial charge in [0.05, 0.1) is 6.61 Å². The van der Waals surface area contributed by atoms with E-state index in [2.05, 4.69) is 43.4 Å². The summed E-state index contributed by atoms with van der Waals surface area (Å²) in [6, 6.07) is 9.19. The fourth-order valence-corrected chi connectivity index (χ4v) is 3.08. The molecular formula is C16H25NO. The minimum absolute atomic E-state index is 0.608. The predicted molar refractivity (Wildman–Crippen MR) is 76.7 cm³/mol. The van der Waals surface area contributed by atoms with E-state index in [1.165, 1.54) is 30.5 Å². The van der Waals surface area contributed by atoms with Gasteiger partial charge < -0.3 is 10.1 Å². The SMILES string of the molecule is COCc1cccc(NC2C(C)CCCC2C)c1. The summed E-state index contributed by atoms with van der Waals surface area (Å²) < 4.78 is 5.19. The Kier molecular flexibility index (Phi) is 4.65. The zero-order valence-electron chi connectivity index (χ0n) is 11.8. The number of anilines is 1. The summed E-state index contributed by atoms with van der Waals surface area (Å²) in [5.74, 6) is 1.53. The monoisotopic (exact) mass is 247 g/mol. The molecule has 1 aliphatic carbocycles. The van der Waals surface area contributed by atoms with Crippen molar-refractivity contribution < 1.29 is 4.74 Å². The Morgan fingerprint density at radius 3 is 2.61 bits per heavy atom. The van der Waals surface area contributed by atoms with E-state index in [4.69, 9.17) is 4.74 Å². The average molecular weight is 247 g/mol. The first kappa shape index (κ1) is 13.4. The molecule has 0 radical (unpaired) electrons. The van der Waals surface area contributed by atoms with Gasteiger partial charge in [-0.05, 0) is 42.4 Å². The third-order valence-corrected chi connectivity index (χ3v) is 4.12. The van der Waals surface area contributed by atoms with Crippen molar-refractivity contribution >= 4 is 5.69 Å². The van der Waals surface area contributed by atoms with Crippen molar-refractivity contribution in [1.82, 2.24) is 0 Å². The number of nitrogens with one attached hydrogen (secondary N) is 1. The molecule has 2 unspecified atom stereocenters. The van der Waals surface area contributed by atoms with Crippen LogP contribution in [0.3, 0.4) is 0 Å². The quantitative estimate of drug-likeness (QED) is 0.866. The third kappa shape index (κ3) is 3.26. The van der Waals surface area contributed by atoms with E-state index in [-0.39, 0.29) is 0 Å². The van der Waals surface area contributed by atoms with Crippen LogP contribution in [-0.2, 0) is 11.3 Å². The summed E-state index contributed by atoms with van der Waals surface area (Å²) in [5, 5.41) is 3.72. The lowest BCUT2D eigenvalue weighted by Crippen LogP contribution is -2.37. The van der Waals surface area contributed by atoms with Crippen LogP contribution in [0.2, 0.25) is 0 Å². The highest BCUT2D eigenvalue weighted by Gasteiger charge is 2.27. The Bertz CT molecular complexity index is 367. The van der Waals surface area contributed by atoms with E-state index in [1.807, 2.05) is 0 Å². The zero-order valence-corrected chi connectivity index (χ0v) is 11.8. The zero-order chi connectivity index (χ0) is 13.0. The number of methoxy groups -OCH3 is 1. The number of hydrogen-bond donors (Lipinski definition) is 1. The number of ether oxygens (including phenoxy) is 1. The predicted octanol–water partition coefficient (Wildman–Crippen LogP) is 4.07. The molecule has 100 valence electrons. The molecule has 1 fully saturated rings. The van der Waals surface area contributed by atoms with Crippen LogP contribution in [-0.4, -0.2) is 13.2 Å². The maximum Gasteiger partial charge on any atom is 0.0713 e. The lowest BCUT2D eigenvalue weighted by atomic mass is 9.78. The second kappa shape index (κ2) is 6.24. The second-order valence-electron chi connectivity index (χ2n) is 5.69. The molecule has 0 amide bonds. The van der Waals surface area contributed by atoms with E-state index in [9.17, 15) is 0 Å². The summed E-state index contributed by atoms with van der Waals surface area (Å²) in [6.45, 7) is 5.42. The fourth-order valence-electron chi connectivity index (χ4n) is 3.08. The van der Waals surface area contributed by atoms with Gasteiger partial charge in [0.1, 0.15) is 0 Å². The minimum Gasteiger partial charge on any atom is -0.382 e. The van der Waals surface area contributed by atoms with Gasteiger partial charge in [0.15, 0.2) is 0 Å². The number of hydrogen-bond acceptors (Lipinski definition) is 2. The van der Waals surface area contributed by atoms with Crippen molar-refractivity contribution in [2.45, 2.75) is 45.8 Å². The molecule has 1 aliphatic rings. The Morgan fingerprint density at radius 1 is 1.22 bits per heavy atom. The maximum atomic E-state index is 5.19. The van der Waals surface area contributed by atoms with Crippen LogP contribution in [0.1, 0.15) is 38.7 Å². The first-order valence-electron chi connectivity index (χ1n) is 7.05. The summed E-state index contributed by atoms with van der Waals surface area (Å²) in [6.07, 6.45) is 4.07. The van der Waals surface area contributed by atoms with Crippen LogP contribution in [0.4, 0.5) is 5.69 Å². The molecule has 2 rings (SSSR count). The highest BCUT2D eigenvalue weighted by atomic mass is 16.5. The van der Waals surface area contributed by atoms with E-state index < -0.39 is 0 Å². The van der Waals surface area contributed by atoms with Gasteiger partial charge in [0, 0.05) is 18.8 Å². The van der Waals surface area contributed by atoms with Crippen LogP contribution < -0.4 is 5.32 Å². The molecule has 1 aromatic carbocycles. The van der Waals surface area contributed by atoms with Crippen LogP contribution in [0, 0.1) is 11.8 Å². The largest absolute Gasteiger partial charge is 0.382 e. The average Bonchev–Trinajstić information content (AvgIpc) is 2.35. The normalized spacial score (nSPS) is 28.1. The third-order valence-electron chi connectivity index (χ3n) is 4.12. The number of benzene rings is 1. The summed E-state index contributed by atoms with van der Waals surface area (Å²) in [4.78, 5) is 0. The first-order valence-corrected chi connectivity index (χ1v) is 7.05. The van der Waals surface area contributed by atoms with Gasteiger partial charge in [0.25, 0.3) is 0 Å². The van der Waals surface area contributed by atoms with Crippen LogP contribution in [0.15, 0.2) is 24.3 Å². The van der Waals surface area contributed by atoms with Crippen LogP contribution >= 0.6 is 0 Å². The standard InChI is InChI=1S/C16H25NO/c1-12-6-4-7-13(2)16(12)17-15-9-5-8-14(10-15)11-18-3/h5,8-10,12-13,16-17H,4,6-7,11H2,1-3H3. The maximum absolute atomic E-state index is 5.19. The van der Waals surface area contributed by atoms with E-state index in [0.29, 0.717) is 12.6 Å². The van der Waals surface area contributed by atoms with Crippen molar-refractivity contribution in [2.24, 2.45) is 11.8 Å². The minimum atomic E-state index is 0.608. The van der Waals surface area contributed by atoms with Gasteiger partial charge in [-0.2, -0.15) is 0 Å². The molecule has 18 heavy (non-hydrogen) atoms. The Labute approximate surface area is 111 Å². The molecule has 0 aliphatic heterocycles. The first-order chi connectivity index (χ1) is 8.70. The second-order valence-corrected chi connectivity index (χ2v) is 5.69. The molecule has 0 aromatic heterocycles. The van der Waals surface area contributed by atoms with Crippen molar-refractivity contribution in [2.75, 3.05) is 12.4 Å². The molecule has 0 spiro atoms. The van der Waals surface area contributed by atoms with Crippen molar-refractivity contribution in [1.29, 1.82) is 0 Å². The van der Waals surface area contributed by atoms with Gasteiger partial charge in [0.2, 0.25) is 0 Å². The van der Waals surface area contributed by atoms with Gasteiger partial charge in [-0.15, -0.1) is 0 Å². The van der Waals surface area contributed by atoms with E-state index in [1.54, 1.807) is 7.11 Å². The molecule has 1 aromatic rings. The molecule has 2 heteroatoms. The summed E-state index contributed by atoms with van der Waals surface area (Å²) >= 11 is 0. The lowest BCUT2D eigenvalue weighted by Gasteiger charge is -2.36. The summed E-state index contributed by atoms with van der Waals surface area (Å²) in [7, 11) is 1.74. The molecule has 2 atom stereocenters. The lowest BCUT2D eigenvalue weighted by molar-refractivity contribution is 0.185. The van der Waals surface area contributed by atoms with Gasteiger partial charge in [-0.3, -0.25) is 0 Å². The number of rotatable bonds is 4. The molecule has 2 nitrogen and oxygen atoms in total. The molecule has 0 heterocycles. The van der Waals surface area contributed by atoms with Crippen LogP contribution in [0.25, 0.3) is 0 Å². The van der Waals surface area contributed by atoms with Crippen LogP contribution in [0.5, 0.6) is 0 Å². The fraction of sp³-hybridized carbons (Fsp3) is 0.625. The van der Waals surface area contributed by atoms with Gasteiger partial charge >= 0.3 is 0 Å². The Hall–Kier alpha value is -1.02. The molecule has 1 N–H and O–H groups in total. The molecular weight excluding hydrogens is 222 g/mol. The molecule has 0 bridgehead atoms. The highest BCUT2D eigenvalue weighted by Crippen LogP contribution is 2.31. The topological polar surface area (TPSA) is 21.3 Å². The Morgan fingerprint density at radius 2 is 1.94 bits per heavy atom. The molecule has 0 saturated heterocycles. The smallest absolute Gasteiger partial charge is 0.0713 e. The van der Waals surface area contributed by atoms with Crippen molar-refractivity contribution in [3.8, 4) is 0 Å². The van der Waals surface area contributed by atoms with Gasteiger partial charge in [-0.1, -0.05) is 32.4 Å². The van der Waals surface area contributed by atoms with Gasteiger partial charge in [-0.25, -0.2) is 0 Å². The Balaban J connectivity index is 2.05.